The number of fused-ring (bicyclic) bond motifs is 1. The molecule has 20 heavy (non-hydrogen) atoms. The Balaban J connectivity index is 2.61. The average molecular weight is 286 g/mol. The second kappa shape index (κ2) is 4.97. The maximum absolute atomic E-state index is 13.5. The Labute approximate surface area is 111 Å². The normalized spacial score (nSPS) is 16.2. The van der Waals surface area contributed by atoms with Gasteiger partial charge < -0.3 is 9.64 Å². The number of amides is 1. The number of rotatable bonds is 3. The molecule has 0 spiro atoms. The maximum Gasteiger partial charge on any atom is 0.482 e. The van der Waals surface area contributed by atoms with Gasteiger partial charge in [-0.05, 0) is 12.5 Å². The Kier molecular flexibility index (Phi) is 3.50. The van der Waals surface area contributed by atoms with Gasteiger partial charge in [0.25, 0.3) is 0 Å². The second-order valence-electron chi connectivity index (χ2n) is 4.05. The van der Waals surface area contributed by atoms with Crippen LogP contribution < -0.4 is 9.64 Å². The fourth-order valence-corrected chi connectivity index (χ4v) is 1.85. The predicted octanol–water partition coefficient (Wildman–Crippen LogP) is 2.52. The number of nitrogens with zero attached hydrogens (tertiary/aromatic N) is 2. The SMILES string of the molecule is CCCN1C(=O)C(F)(F)Oc2cc(F)c(N=C=O)cc21. The van der Waals surface area contributed by atoms with E-state index in [1.54, 1.807) is 6.92 Å². The fourth-order valence-electron chi connectivity index (χ4n) is 1.85. The molecule has 0 aromatic heterocycles. The van der Waals surface area contributed by atoms with E-state index in [1.807, 2.05) is 0 Å². The molecule has 5 nitrogen and oxygen atoms in total. The number of hydrogen-bond donors (Lipinski definition) is 0. The topological polar surface area (TPSA) is 59.0 Å². The van der Waals surface area contributed by atoms with E-state index in [1.165, 1.54) is 0 Å². The highest BCUT2D eigenvalue weighted by atomic mass is 19.3. The lowest BCUT2D eigenvalue weighted by Gasteiger charge is -2.33. The number of carbonyl (C=O) groups excluding carboxylic acids is 2. The zero-order valence-corrected chi connectivity index (χ0v) is 10.3. The molecule has 0 atom stereocenters. The molecule has 1 amide bonds. The van der Waals surface area contributed by atoms with E-state index in [2.05, 4.69) is 9.73 Å². The molecule has 0 unspecified atom stereocenters. The van der Waals surface area contributed by atoms with Crippen LogP contribution in [0.2, 0.25) is 0 Å². The second-order valence-corrected chi connectivity index (χ2v) is 4.05. The lowest BCUT2D eigenvalue weighted by Crippen LogP contribution is -2.51. The first-order valence-corrected chi connectivity index (χ1v) is 5.71. The van der Waals surface area contributed by atoms with Crippen LogP contribution in [0.25, 0.3) is 0 Å². The lowest BCUT2D eigenvalue weighted by molar-refractivity contribution is -0.192. The van der Waals surface area contributed by atoms with Gasteiger partial charge in [0.2, 0.25) is 6.08 Å². The molecule has 1 aliphatic heterocycles. The Bertz CT molecular complexity index is 612. The van der Waals surface area contributed by atoms with Crippen molar-refractivity contribution in [1.82, 2.24) is 0 Å². The summed E-state index contributed by atoms with van der Waals surface area (Å²) in [5.74, 6) is -3.04. The third-order valence-electron chi connectivity index (χ3n) is 2.66. The molecule has 0 radical (unpaired) electrons. The van der Waals surface area contributed by atoms with E-state index in [9.17, 15) is 22.8 Å². The average Bonchev–Trinajstić information content (AvgIpc) is 2.37. The zero-order chi connectivity index (χ0) is 14.9. The molecular weight excluding hydrogens is 277 g/mol. The standard InChI is InChI=1S/C12H9F3N2O3/c1-2-3-17-9-5-8(16-6-18)7(13)4-10(9)20-12(14,15)11(17)19/h4-5H,2-3H2,1H3. The number of carbonyl (C=O) groups is 1. The number of halogens is 3. The fraction of sp³-hybridized carbons (Fsp3) is 0.333. The number of aliphatic imine (C=N–C) groups is 1. The van der Waals surface area contributed by atoms with Gasteiger partial charge in [0.15, 0.2) is 11.6 Å². The van der Waals surface area contributed by atoms with E-state index in [0.717, 1.165) is 17.0 Å². The molecule has 0 fully saturated rings. The molecule has 0 N–H and O–H groups in total. The van der Waals surface area contributed by atoms with E-state index >= 15 is 0 Å². The number of ether oxygens (including phenoxy) is 1. The molecule has 0 saturated carbocycles. The monoisotopic (exact) mass is 286 g/mol. The molecule has 1 aromatic rings. The highest BCUT2D eigenvalue weighted by molar-refractivity contribution is 6.01. The predicted molar refractivity (Wildman–Crippen MR) is 62.4 cm³/mol. The zero-order valence-electron chi connectivity index (χ0n) is 10.3. The summed E-state index contributed by atoms with van der Waals surface area (Å²) in [6.07, 6.45) is -2.50. The number of isocyanates is 1. The van der Waals surface area contributed by atoms with Gasteiger partial charge in [-0.15, -0.1) is 0 Å². The molecular formula is C12H9F3N2O3. The van der Waals surface area contributed by atoms with Crippen molar-refractivity contribution in [2.24, 2.45) is 4.99 Å². The van der Waals surface area contributed by atoms with Gasteiger partial charge in [-0.2, -0.15) is 13.8 Å². The molecule has 0 bridgehead atoms. The summed E-state index contributed by atoms with van der Waals surface area (Å²) in [5, 5.41) is 0. The quantitative estimate of drug-likeness (QED) is 0.633. The van der Waals surface area contributed by atoms with Crippen molar-refractivity contribution in [2.45, 2.75) is 19.5 Å². The van der Waals surface area contributed by atoms with E-state index in [4.69, 9.17) is 0 Å². The molecule has 0 aliphatic carbocycles. The van der Waals surface area contributed by atoms with Crippen molar-refractivity contribution in [1.29, 1.82) is 0 Å². The van der Waals surface area contributed by atoms with Gasteiger partial charge in [-0.3, -0.25) is 4.79 Å². The minimum atomic E-state index is -4.05. The first-order chi connectivity index (χ1) is 9.40. The van der Waals surface area contributed by atoms with Crippen molar-refractivity contribution in [3.05, 3.63) is 17.9 Å². The van der Waals surface area contributed by atoms with Crippen LogP contribution in [0, 0.1) is 5.82 Å². The number of hydrogen-bond acceptors (Lipinski definition) is 4. The van der Waals surface area contributed by atoms with Gasteiger partial charge in [-0.1, -0.05) is 6.92 Å². The molecule has 1 aliphatic rings. The van der Waals surface area contributed by atoms with E-state index in [-0.39, 0.29) is 12.2 Å². The van der Waals surface area contributed by atoms with E-state index in [0.29, 0.717) is 12.5 Å². The molecule has 1 heterocycles. The van der Waals surface area contributed by atoms with Gasteiger partial charge in [0, 0.05) is 12.6 Å². The minimum Gasteiger partial charge on any atom is -0.423 e. The Morgan fingerprint density at radius 2 is 2.15 bits per heavy atom. The molecule has 106 valence electrons. The Hall–Kier alpha value is -2.34. The van der Waals surface area contributed by atoms with Gasteiger partial charge in [0.1, 0.15) is 5.69 Å². The highest BCUT2D eigenvalue weighted by Crippen LogP contribution is 2.42. The maximum atomic E-state index is 13.5. The van der Waals surface area contributed by atoms with Crippen LogP contribution >= 0.6 is 0 Å². The largest absolute Gasteiger partial charge is 0.482 e. The van der Waals surface area contributed by atoms with Crippen LogP contribution in [0.3, 0.4) is 0 Å². The van der Waals surface area contributed by atoms with Crippen LogP contribution in [-0.4, -0.2) is 24.6 Å². The van der Waals surface area contributed by atoms with Crippen molar-refractivity contribution in [3.8, 4) is 5.75 Å². The van der Waals surface area contributed by atoms with Crippen LogP contribution in [0.5, 0.6) is 5.75 Å². The number of anilines is 1. The highest BCUT2D eigenvalue weighted by Gasteiger charge is 2.50. The van der Waals surface area contributed by atoms with Crippen LogP contribution in [0.15, 0.2) is 17.1 Å². The summed E-state index contributed by atoms with van der Waals surface area (Å²) in [6, 6.07) is 1.66. The third kappa shape index (κ3) is 2.25. The summed E-state index contributed by atoms with van der Waals surface area (Å²) in [5.41, 5.74) is -0.459. The summed E-state index contributed by atoms with van der Waals surface area (Å²) in [7, 11) is 0. The van der Waals surface area contributed by atoms with Crippen LogP contribution in [0.1, 0.15) is 13.3 Å². The Morgan fingerprint density at radius 1 is 1.45 bits per heavy atom. The van der Waals surface area contributed by atoms with Gasteiger partial charge >= 0.3 is 12.0 Å². The first kappa shape index (κ1) is 14.1. The lowest BCUT2D eigenvalue weighted by atomic mass is 10.2. The third-order valence-corrected chi connectivity index (χ3v) is 2.66. The van der Waals surface area contributed by atoms with Gasteiger partial charge in [-0.25, -0.2) is 9.18 Å². The summed E-state index contributed by atoms with van der Waals surface area (Å²) in [4.78, 5) is 25.7. The van der Waals surface area contributed by atoms with Gasteiger partial charge in [0.05, 0.1) is 5.69 Å². The molecule has 8 heteroatoms. The summed E-state index contributed by atoms with van der Waals surface area (Å²) in [6.45, 7) is 1.69. The van der Waals surface area contributed by atoms with E-state index < -0.39 is 29.3 Å². The van der Waals surface area contributed by atoms with Crippen molar-refractivity contribution >= 4 is 23.4 Å². The van der Waals surface area contributed by atoms with Crippen molar-refractivity contribution in [3.63, 3.8) is 0 Å². The summed E-state index contributed by atoms with van der Waals surface area (Å²) >= 11 is 0. The summed E-state index contributed by atoms with van der Waals surface area (Å²) < 4.78 is 44.6. The van der Waals surface area contributed by atoms with Crippen LogP contribution in [0.4, 0.5) is 24.5 Å². The van der Waals surface area contributed by atoms with Crippen molar-refractivity contribution in [2.75, 3.05) is 11.4 Å². The van der Waals surface area contributed by atoms with Crippen molar-refractivity contribution < 1.29 is 27.5 Å². The number of alkyl halides is 2. The van der Waals surface area contributed by atoms with Crippen LogP contribution in [-0.2, 0) is 9.59 Å². The number of benzene rings is 1. The molecule has 0 saturated heterocycles. The molecule has 2 rings (SSSR count). The molecule has 1 aromatic carbocycles. The minimum absolute atomic E-state index is 0.000654. The smallest absolute Gasteiger partial charge is 0.423 e. The Morgan fingerprint density at radius 3 is 2.75 bits per heavy atom. The first-order valence-electron chi connectivity index (χ1n) is 5.71.